The number of allylic oxidation sites excluding steroid dienone is 3. The Bertz CT molecular complexity index is 846. The van der Waals surface area contributed by atoms with Crippen molar-refractivity contribution in [3.63, 3.8) is 0 Å². The summed E-state index contributed by atoms with van der Waals surface area (Å²) in [6, 6.07) is 8.02. The normalized spacial score (nSPS) is 21.3. The third-order valence-electron chi connectivity index (χ3n) is 5.39. The maximum absolute atomic E-state index is 13.1. The van der Waals surface area contributed by atoms with E-state index in [1.165, 1.54) is 0 Å². The summed E-state index contributed by atoms with van der Waals surface area (Å²) in [5, 5.41) is 3.34. The summed E-state index contributed by atoms with van der Waals surface area (Å²) in [7, 11) is 1.56. The van der Waals surface area contributed by atoms with Gasteiger partial charge >= 0.3 is 5.97 Å². The third-order valence-corrected chi connectivity index (χ3v) is 5.39. The smallest absolute Gasteiger partial charge is 0.336 e. The molecule has 1 aliphatic carbocycles. The van der Waals surface area contributed by atoms with Crippen molar-refractivity contribution in [3.8, 4) is 0 Å². The summed E-state index contributed by atoms with van der Waals surface area (Å²) >= 11 is 0. The number of hydrogen-bond donors (Lipinski definition) is 1. The summed E-state index contributed by atoms with van der Waals surface area (Å²) in [4.78, 5) is 26.1. The van der Waals surface area contributed by atoms with Gasteiger partial charge < -0.3 is 14.8 Å². The first-order chi connectivity index (χ1) is 13.2. The van der Waals surface area contributed by atoms with E-state index in [4.69, 9.17) is 9.47 Å². The van der Waals surface area contributed by atoms with Crippen molar-refractivity contribution >= 4 is 11.8 Å². The number of carbonyl (C=O) groups is 2. The highest BCUT2D eigenvalue weighted by Gasteiger charge is 2.43. The van der Waals surface area contributed by atoms with Crippen LogP contribution in [0.2, 0.25) is 0 Å². The molecule has 1 aromatic carbocycles. The Labute approximate surface area is 166 Å². The predicted molar refractivity (Wildman–Crippen MR) is 108 cm³/mol. The highest BCUT2D eigenvalue weighted by Crippen LogP contribution is 2.46. The Morgan fingerprint density at radius 3 is 2.46 bits per heavy atom. The molecule has 0 amide bonds. The molecule has 1 aliphatic heterocycles. The molecule has 150 valence electrons. The van der Waals surface area contributed by atoms with Gasteiger partial charge in [0, 0.05) is 36.4 Å². The van der Waals surface area contributed by atoms with E-state index >= 15 is 0 Å². The number of Topliss-reactive ketones (excluding diaryl/α,β-unsaturated/α-hetero) is 1. The number of rotatable bonds is 5. The van der Waals surface area contributed by atoms with Crippen LogP contribution in [0.15, 0.2) is 46.8 Å². The minimum atomic E-state index is -0.407. The summed E-state index contributed by atoms with van der Waals surface area (Å²) in [6.07, 6.45) is 1.25. The molecule has 1 heterocycles. The maximum atomic E-state index is 13.1. The molecular formula is C23H29NO4. The lowest BCUT2D eigenvalue weighted by atomic mass is 9.68. The fraction of sp³-hybridized carbons (Fsp3) is 0.478. The maximum Gasteiger partial charge on any atom is 0.336 e. The Kier molecular flexibility index (Phi) is 5.75. The van der Waals surface area contributed by atoms with Crippen molar-refractivity contribution in [2.75, 3.05) is 20.3 Å². The van der Waals surface area contributed by atoms with Gasteiger partial charge in [-0.3, -0.25) is 4.79 Å². The number of benzene rings is 1. The Hall–Kier alpha value is -2.40. The van der Waals surface area contributed by atoms with E-state index in [0.29, 0.717) is 24.2 Å². The summed E-state index contributed by atoms with van der Waals surface area (Å²) in [6.45, 7) is 8.62. The van der Waals surface area contributed by atoms with Crippen molar-refractivity contribution in [1.29, 1.82) is 0 Å². The van der Waals surface area contributed by atoms with Gasteiger partial charge in [0.25, 0.3) is 0 Å². The monoisotopic (exact) mass is 383 g/mol. The molecule has 0 saturated heterocycles. The van der Waals surface area contributed by atoms with Crippen LogP contribution in [0.3, 0.4) is 0 Å². The van der Waals surface area contributed by atoms with Crippen LogP contribution in [0, 0.1) is 12.3 Å². The molecule has 1 aromatic rings. The van der Waals surface area contributed by atoms with Crippen molar-refractivity contribution < 1.29 is 19.1 Å². The second kappa shape index (κ2) is 7.92. The first-order valence-corrected chi connectivity index (χ1v) is 9.70. The van der Waals surface area contributed by atoms with Crippen molar-refractivity contribution in [3.05, 3.63) is 57.9 Å². The molecule has 0 unspecified atom stereocenters. The van der Waals surface area contributed by atoms with E-state index in [0.717, 1.165) is 28.9 Å². The second-order valence-corrected chi connectivity index (χ2v) is 8.47. The fourth-order valence-corrected chi connectivity index (χ4v) is 4.09. The number of aryl methyl sites for hydroxylation is 1. The SMILES string of the molecule is COCCOC(=O)C1=C(C)NC2=C(C(=O)CC(C)(C)C2)[C@H]1c1ccc(C)cc1. The molecule has 0 fully saturated rings. The van der Waals surface area contributed by atoms with Gasteiger partial charge in [-0.2, -0.15) is 0 Å². The second-order valence-electron chi connectivity index (χ2n) is 8.47. The number of ether oxygens (including phenoxy) is 2. The molecule has 0 saturated carbocycles. The van der Waals surface area contributed by atoms with Gasteiger partial charge in [0.2, 0.25) is 0 Å². The minimum absolute atomic E-state index is 0.0963. The molecule has 2 aliphatic rings. The van der Waals surface area contributed by atoms with Crippen molar-refractivity contribution in [1.82, 2.24) is 5.32 Å². The number of dihydropyridines is 1. The largest absolute Gasteiger partial charge is 0.460 e. The van der Waals surface area contributed by atoms with E-state index in [1.54, 1.807) is 7.11 Å². The highest BCUT2D eigenvalue weighted by atomic mass is 16.6. The summed E-state index contributed by atoms with van der Waals surface area (Å²) in [5.41, 5.74) is 4.85. The molecular weight excluding hydrogens is 354 g/mol. The molecule has 0 spiro atoms. The molecule has 1 N–H and O–H groups in total. The van der Waals surface area contributed by atoms with E-state index in [1.807, 2.05) is 38.1 Å². The first-order valence-electron chi connectivity index (χ1n) is 9.70. The lowest BCUT2D eigenvalue weighted by molar-refractivity contribution is -0.140. The van der Waals surface area contributed by atoms with Crippen LogP contribution >= 0.6 is 0 Å². The van der Waals surface area contributed by atoms with Crippen LogP contribution in [-0.4, -0.2) is 32.1 Å². The lowest BCUT2D eigenvalue weighted by Gasteiger charge is -2.39. The number of carbonyl (C=O) groups excluding carboxylic acids is 2. The van der Waals surface area contributed by atoms with Crippen LogP contribution in [0.4, 0.5) is 0 Å². The van der Waals surface area contributed by atoms with Crippen LogP contribution < -0.4 is 5.32 Å². The fourth-order valence-electron chi connectivity index (χ4n) is 4.09. The van der Waals surface area contributed by atoms with Gasteiger partial charge in [0.05, 0.1) is 12.2 Å². The van der Waals surface area contributed by atoms with Gasteiger partial charge in [-0.1, -0.05) is 43.7 Å². The molecule has 28 heavy (non-hydrogen) atoms. The number of methoxy groups -OCH3 is 1. The zero-order chi connectivity index (χ0) is 20.5. The first kappa shape index (κ1) is 20.3. The van der Waals surface area contributed by atoms with Crippen molar-refractivity contribution in [2.45, 2.75) is 46.5 Å². The number of hydrogen-bond acceptors (Lipinski definition) is 5. The van der Waals surface area contributed by atoms with Gasteiger partial charge in [0.1, 0.15) is 6.61 Å². The van der Waals surface area contributed by atoms with E-state index < -0.39 is 11.9 Å². The van der Waals surface area contributed by atoms with E-state index in [2.05, 4.69) is 19.2 Å². The zero-order valence-electron chi connectivity index (χ0n) is 17.3. The standard InChI is InChI=1S/C23H29NO4/c1-14-6-8-16(9-7-14)20-19(22(26)28-11-10-27-5)15(2)24-17-12-23(3,4)13-18(25)21(17)20/h6-9,20,24H,10-13H2,1-5H3/t20-/m0/s1. The number of esters is 1. The van der Waals surface area contributed by atoms with Crippen LogP contribution in [-0.2, 0) is 19.1 Å². The Morgan fingerprint density at radius 2 is 1.82 bits per heavy atom. The third kappa shape index (κ3) is 4.04. The molecule has 0 radical (unpaired) electrons. The van der Waals surface area contributed by atoms with Crippen LogP contribution in [0.5, 0.6) is 0 Å². The van der Waals surface area contributed by atoms with Crippen molar-refractivity contribution in [2.24, 2.45) is 5.41 Å². The molecule has 0 bridgehead atoms. The average Bonchev–Trinajstić information content (AvgIpc) is 2.60. The highest BCUT2D eigenvalue weighted by molar-refractivity contribution is 6.04. The molecule has 1 atom stereocenters. The Balaban J connectivity index is 2.07. The van der Waals surface area contributed by atoms with Gasteiger partial charge in [-0.25, -0.2) is 4.79 Å². The van der Waals surface area contributed by atoms with Gasteiger partial charge in [0.15, 0.2) is 5.78 Å². The molecule has 3 rings (SSSR count). The Morgan fingerprint density at radius 1 is 1.14 bits per heavy atom. The quantitative estimate of drug-likeness (QED) is 0.619. The topological polar surface area (TPSA) is 64.6 Å². The minimum Gasteiger partial charge on any atom is -0.460 e. The molecule has 0 aromatic heterocycles. The van der Waals surface area contributed by atoms with Gasteiger partial charge in [-0.15, -0.1) is 0 Å². The van der Waals surface area contributed by atoms with Gasteiger partial charge in [-0.05, 0) is 31.2 Å². The average molecular weight is 383 g/mol. The number of ketones is 1. The van der Waals surface area contributed by atoms with E-state index in [-0.39, 0.29) is 17.8 Å². The zero-order valence-corrected chi connectivity index (χ0v) is 17.3. The lowest BCUT2D eigenvalue weighted by Crippen LogP contribution is -2.38. The molecule has 5 heteroatoms. The van der Waals surface area contributed by atoms with E-state index in [9.17, 15) is 9.59 Å². The van der Waals surface area contributed by atoms with Crippen LogP contribution in [0.25, 0.3) is 0 Å². The summed E-state index contributed by atoms with van der Waals surface area (Å²) in [5.74, 6) is -0.716. The number of nitrogens with one attached hydrogen (secondary N) is 1. The molecule has 5 nitrogen and oxygen atoms in total. The summed E-state index contributed by atoms with van der Waals surface area (Å²) < 4.78 is 10.4. The predicted octanol–water partition coefficient (Wildman–Crippen LogP) is 3.79. The van der Waals surface area contributed by atoms with Crippen LogP contribution in [0.1, 0.15) is 50.7 Å².